The molecule has 6 heteroatoms. The summed E-state index contributed by atoms with van der Waals surface area (Å²) in [6, 6.07) is 8.32. The number of aromatic nitrogens is 4. The first-order valence-corrected chi connectivity index (χ1v) is 8.01. The fourth-order valence-electron chi connectivity index (χ4n) is 3.32. The molecule has 23 heavy (non-hydrogen) atoms. The van der Waals surface area contributed by atoms with E-state index in [1.807, 2.05) is 12.3 Å². The van der Waals surface area contributed by atoms with Gasteiger partial charge in [-0.3, -0.25) is 4.90 Å². The lowest BCUT2D eigenvalue weighted by atomic mass is 10.1. The third kappa shape index (κ3) is 2.55. The fraction of sp³-hybridized carbons (Fsp3) is 0.353. The zero-order valence-electron chi connectivity index (χ0n) is 13.2. The topological polar surface area (TPSA) is 72.9 Å². The summed E-state index contributed by atoms with van der Waals surface area (Å²) in [6.07, 6.45) is 2.76. The van der Waals surface area contributed by atoms with Gasteiger partial charge in [0.05, 0.1) is 23.3 Å². The van der Waals surface area contributed by atoms with E-state index in [0.29, 0.717) is 5.95 Å². The summed E-state index contributed by atoms with van der Waals surface area (Å²) in [7, 11) is 0. The molecule has 1 aromatic carbocycles. The average Bonchev–Trinajstić information content (AvgIpc) is 2.92. The van der Waals surface area contributed by atoms with E-state index >= 15 is 0 Å². The highest BCUT2D eigenvalue weighted by atomic mass is 15.2. The Balaban J connectivity index is 1.60. The van der Waals surface area contributed by atoms with Crippen molar-refractivity contribution in [1.29, 1.82) is 0 Å². The van der Waals surface area contributed by atoms with Crippen molar-refractivity contribution in [3.05, 3.63) is 47.5 Å². The van der Waals surface area contributed by atoms with Gasteiger partial charge in [-0.05, 0) is 19.1 Å². The Morgan fingerprint density at radius 2 is 2.09 bits per heavy atom. The summed E-state index contributed by atoms with van der Waals surface area (Å²) in [6.45, 7) is 5.75. The van der Waals surface area contributed by atoms with E-state index in [1.54, 1.807) is 0 Å². The number of rotatable bonds is 3. The molecule has 0 unspecified atom stereocenters. The minimum absolute atomic E-state index is 0.366. The summed E-state index contributed by atoms with van der Waals surface area (Å²) in [4.78, 5) is 15.7. The second-order valence-electron chi connectivity index (χ2n) is 5.92. The lowest BCUT2D eigenvalue weighted by Gasteiger charge is -2.27. The molecule has 0 radical (unpaired) electrons. The van der Waals surface area contributed by atoms with Gasteiger partial charge in [0.15, 0.2) is 0 Å². The van der Waals surface area contributed by atoms with Gasteiger partial charge in [0, 0.05) is 37.8 Å². The number of nitrogens with two attached hydrogens (primary N) is 1. The van der Waals surface area contributed by atoms with Gasteiger partial charge in [-0.15, -0.1) is 0 Å². The molecular formula is C17H20N6. The van der Waals surface area contributed by atoms with Crippen molar-refractivity contribution < 1.29 is 0 Å². The van der Waals surface area contributed by atoms with Crippen LogP contribution in [0.4, 0.5) is 5.95 Å². The van der Waals surface area contributed by atoms with E-state index in [-0.39, 0.29) is 0 Å². The lowest BCUT2D eigenvalue weighted by molar-refractivity contribution is 0.234. The van der Waals surface area contributed by atoms with Gasteiger partial charge in [-0.2, -0.15) is 0 Å². The number of hydrogen-bond acceptors (Lipinski definition) is 5. The van der Waals surface area contributed by atoms with Crippen LogP contribution in [0.25, 0.3) is 11.0 Å². The minimum Gasteiger partial charge on any atom is -0.368 e. The number of nitrogens with zero attached hydrogens (tertiary/aromatic N) is 5. The molecule has 6 nitrogen and oxygen atoms in total. The van der Waals surface area contributed by atoms with Crippen LogP contribution in [-0.2, 0) is 26.1 Å². The van der Waals surface area contributed by atoms with Crippen molar-refractivity contribution in [3.8, 4) is 0 Å². The Hall–Kier alpha value is -2.47. The summed E-state index contributed by atoms with van der Waals surface area (Å²) >= 11 is 0. The van der Waals surface area contributed by atoms with Crippen LogP contribution < -0.4 is 5.73 Å². The monoisotopic (exact) mass is 308 g/mol. The largest absolute Gasteiger partial charge is 0.368 e. The molecule has 4 rings (SSSR count). The van der Waals surface area contributed by atoms with Gasteiger partial charge < -0.3 is 10.3 Å². The number of aryl methyl sites for hydroxylation is 1. The van der Waals surface area contributed by atoms with Gasteiger partial charge in [-0.1, -0.05) is 12.1 Å². The number of fused-ring (bicyclic) bond motifs is 2. The minimum atomic E-state index is 0.366. The Morgan fingerprint density at radius 3 is 2.96 bits per heavy atom. The maximum absolute atomic E-state index is 5.67. The molecule has 2 N–H and O–H groups in total. The zero-order valence-corrected chi connectivity index (χ0v) is 13.2. The van der Waals surface area contributed by atoms with E-state index in [9.17, 15) is 0 Å². The number of benzene rings is 1. The highest BCUT2D eigenvalue weighted by Crippen LogP contribution is 2.21. The predicted octanol–water partition coefficient (Wildman–Crippen LogP) is 1.99. The molecule has 3 heterocycles. The van der Waals surface area contributed by atoms with Crippen molar-refractivity contribution in [2.24, 2.45) is 0 Å². The van der Waals surface area contributed by atoms with Crippen LogP contribution in [0.5, 0.6) is 0 Å². The van der Waals surface area contributed by atoms with Gasteiger partial charge in [0.2, 0.25) is 5.95 Å². The highest BCUT2D eigenvalue weighted by molar-refractivity contribution is 5.75. The number of para-hydroxylation sites is 2. The van der Waals surface area contributed by atoms with Gasteiger partial charge in [-0.25, -0.2) is 15.0 Å². The maximum Gasteiger partial charge on any atom is 0.220 e. The molecule has 0 spiro atoms. The molecule has 118 valence electrons. The smallest absolute Gasteiger partial charge is 0.220 e. The van der Waals surface area contributed by atoms with Gasteiger partial charge in [0.25, 0.3) is 0 Å². The summed E-state index contributed by atoms with van der Waals surface area (Å²) in [5.41, 5.74) is 10.2. The summed E-state index contributed by atoms with van der Waals surface area (Å²) in [5, 5.41) is 0. The predicted molar refractivity (Wildman–Crippen MR) is 89.7 cm³/mol. The van der Waals surface area contributed by atoms with Crippen molar-refractivity contribution in [2.75, 3.05) is 12.3 Å². The Kier molecular flexibility index (Phi) is 3.46. The molecule has 1 aliphatic rings. The summed E-state index contributed by atoms with van der Waals surface area (Å²) in [5.74, 6) is 1.48. The number of hydrogen-bond donors (Lipinski definition) is 1. The highest BCUT2D eigenvalue weighted by Gasteiger charge is 2.20. The van der Waals surface area contributed by atoms with Crippen LogP contribution in [0, 0.1) is 0 Å². The number of imidazole rings is 1. The average molecular weight is 308 g/mol. The molecule has 2 aromatic heterocycles. The number of anilines is 1. The third-order valence-corrected chi connectivity index (χ3v) is 4.45. The zero-order chi connectivity index (χ0) is 15.8. The third-order valence-electron chi connectivity index (χ3n) is 4.45. The molecule has 1 aliphatic heterocycles. The first-order valence-electron chi connectivity index (χ1n) is 8.01. The fourth-order valence-corrected chi connectivity index (χ4v) is 3.32. The van der Waals surface area contributed by atoms with Gasteiger partial charge in [0.1, 0.15) is 5.82 Å². The van der Waals surface area contributed by atoms with Crippen LogP contribution in [0.3, 0.4) is 0 Å². The van der Waals surface area contributed by atoms with Crippen LogP contribution in [0.1, 0.15) is 24.0 Å². The summed E-state index contributed by atoms with van der Waals surface area (Å²) < 4.78 is 2.30. The molecule has 0 bridgehead atoms. The quantitative estimate of drug-likeness (QED) is 0.801. The first-order chi connectivity index (χ1) is 11.2. The maximum atomic E-state index is 5.67. The Morgan fingerprint density at radius 1 is 1.22 bits per heavy atom. The van der Waals surface area contributed by atoms with E-state index in [2.05, 4.69) is 44.6 Å². The Bertz CT molecular complexity index is 853. The van der Waals surface area contributed by atoms with E-state index < -0.39 is 0 Å². The van der Waals surface area contributed by atoms with Crippen molar-refractivity contribution in [2.45, 2.75) is 33.0 Å². The SMILES string of the molecule is CCn1c(CN2CCc3nc(N)ncc3C2)nc2ccccc21. The number of nitrogen functional groups attached to an aromatic ring is 1. The van der Waals surface area contributed by atoms with E-state index in [1.165, 1.54) is 11.1 Å². The molecule has 0 amide bonds. The molecule has 3 aromatic rings. The second kappa shape index (κ2) is 5.62. The molecule has 0 aliphatic carbocycles. The first kappa shape index (κ1) is 14.1. The van der Waals surface area contributed by atoms with E-state index in [4.69, 9.17) is 10.7 Å². The molecule has 0 fully saturated rings. The molecule has 0 saturated heterocycles. The van der Waals surface area contributed by atoms with Crippen LogP contribution >= 0.6 is 0 Å². The molecule has 0 atom stereocenters. The van der Waals surface area contributed by atoms with Gasteiger partial charge >= 0.3 is 0 Å². The van der Waals surface area contributed by atoms with Crippen molar-refractivity contribution in [3.63, 3.8) is 0 Å². The standard InChI is InChI=1S/C17H20N6/c1-2-23-15-6-4-3-5-14(15)20-16(23)11-22-8-7-13-12(10-22)9-19-17(18)21-13/h3-6,9H,2,7-8,10-11H2,1H3,(H2,18,19,21). The molecule has 0 saturated carbocycles. The lowest BCUT2D eigenvalue weighted by Crippen LogP contribution is -2.32. The van der Waals surface area contributed by atoms with Crippen molar-refractivity contribution >= 4 is 17.0 Å². The van der Waals surface area contributed by atoms with Crippen LogP contribution in [0.15, 0.2) is 30.5 Å². The van der Waals surface area contributed by atoms with Crippen molar-refractivity contribution in [1.82, 2.24) is 24.4 Å². The van der Waals surface area contributed by atoms with Crippen LogP contribution in [0.2, 0.25) is 0 Å². The second-order valence-corrected chi connectivity index (χ2v) is 5.92. The van der Waals surface area contributed by atoms with E-state index in [0.717, 1.165) is 49.6 Å². The Labute approximate surface area is 135 Å². The normalized spacial score (nSPS) is 15.0. The molecular weight excluding hydrogens is 288 g/mol. The van der Waals surface area contributed by atoms with Crippen LogP contribution in [-0.4, -0.2) is 31.0 Å².